The van der Waals surface area contributed by atoms with Gasteiger partial charge in [-0.05, 0) is 81.2 Å². The first-order valence-electron chi connectivity index (χ1n) is 7.24. The number of hydrogen-bond acceptors (Lipinski definition) is 1. The summed E-state index contributed by atoms with van der Waals surface area (Å²) in [5, 5.41) is 0. The standard InChI is InChI=1S/C9H11F.C8H13FO/c1-6-4-9(10)5-7(2)8(6)3;1-6-2-4-7(5-3-6)8(9)10/h4-5H,1-3H3;6-7H,2-5H2,1H3. The van der Waals surface area contributed by atoms with Gasteiger partial charge in [-0.1, -0.05) is 6.92 Å². The predicted octanol–water partition coefficient (Wildman–Crippen LogP) is 5.06. The fourth-order valence-corrected chi connectivity index (χ4v) is 2.47. The molecule has 0 bridgehead atoms. The lowest BCUT2D eigenvalue weighted by Gasteiger charge is -2.22. The van der Waals surface area contributed by atoms with Crippen LogP contribution in [0.4, 0.5) is 8.78 Å². The summed E-state index contributed by atoms with van der Waals surface area (Å²) in [6.45, 7) is 8.00. The van der Waals surface area contributed by atoms with Crippen molar-refractivity contribution in [2.45, 2.75) is 53.4 Å². The van der Waals surface area contributed by atoms with E-state index >= 15 is 0 Å². The zero-order chi connectivity index (χ0) is 15.3. The van der Waals surface area contributed by atoms with Gasteiger partial charge in [-0.2, -0.15) is 4.39 Å². The minimum Gasteiger partial charge on any atom is -0.261 e. The van der Waals surface area contributed by atoms with Gasteiger partial charge in [-0.15, -0.1) is 0 Å². The van der Waals surface area contributed by atoms with Gasteiger partial charge in [0, 0.05) is 5.92 Å². The van der Waals surface area contributed by atoms with E-state index in [2.05, 4.69) is 6.92 Å². The van der Waals surface area contributed by atoms with Crippen molar-refractivity contribution < 1.29 is 13.6 Å². The Morgan fingerprint density at radius 2 is 1.50 bits per heavy atom. The summed E-state index contributed by atoms with van der Waals surface area (Å²) in [5.41, 5.74) is 3.23. The van der Waals surface area contributed by atoms with E-state index in [4.69, 9.17) is 0 Å². The number of hydrogen-bond donors (Lipinski definition) is 0. The molecule has 2 rings (SSSR count). The van der Waals surface area contributed by atoms with Crippen LogP contribution >= 0.6 is 0 Å². The van der Waals surface area contributed by atoms with E-state index in [1.165, 1.54) is 5.56 Å². The van der Waals surface area contributed by atoms with E-state index in [-0.39, 0.29) is 11.7 Å². The van der Waals surface area contributed by atoms with Gasteiger partial charge in [0.1, 0.15) is 5.82 Å². The quantitative estimate of drug-likeness (QED) is 0.658. The normalized spacial score (nSPS) is 21.9. The van der Waals surface area contributed by atoms with Crippen molar-refractivity contribution in [2.75, 3.05) is 0 Å². The molecular weight excluding hydrogens is 258 g/mol. The van der Waals surface area contributed by atoms with Gasteiger partial charge in [0.25, 0.3) is 0 Å². The van der Waals surface area contributed by atoms with Crippen LogP contribution in [0.25, 0.3) is 0 Å². The SMILES string of the molecule is CC1CCC(C(=O)F)CC1.Cc1cc(F)cc(C)c1C. The molecule has 1 saturated carbocycles. The summed E-state index contributed by atoms with van der Waals surface area (Å²) in [7, 11) is 0. The topological polar surface area (TPSA) is 17.1 Å². The Hall–Kier alpha value is -1.25. The third-order valence-corrected chi connectivity index (χ3v) is 4.23. The van der Waals surface area contributed by atoms with E-state index < -0.39 is 6.04 Å². The Kier molecular flexibility index (Phi) is 6.31. The van der Waals surface area contributed by atoms with E-state index in [9.17, 15) is 13.6 Å². The van der Waals surface area contributed by atoms with E-state index in [1.54, 1.807) is 12.1 Å². The third kappa shape index (κ3) is 5.03. The van der Waals surface area contributed by atoms with Gasteiger partial charge in [-0.3, -0.25) is 4.79 Å². The maximum absolute atomic E-state index is 12.6. The van der Waals surface area contributed by atoms with Crippen molar-refractivity contribution in [1.29, 1.82) is 0 Å². The van der Waals surface area contributed by atoms with Crippen LogP contribution in [0, 0.1) is 38.4 Å². The number of carbonyl (C=O) groups is 1. The summed E-state index contributed by atoms with van der Waals surface area (Å²) < 4.78 is 24.7. The molecule has 1 aliphatic carbocycles. The molecule has 0 radical (unpaired) electrons. The number of halogens is 2. The number of aryl methyl sites for hydroxylation is 2. The molecule has 0 amide bonds. The highest BCUT2D eigenvalue weighted by Crippen LogP contribution is 2.28. The van der Waals surface area contributed by atoms with Gasteiger partial charge < -0.3 is 0 Å². The van der Waals surface area contributed by atoms with Gasteiger partial charge in [0.05, 0.1) is 0 Å². The Morgan fingerprint density at radius 1 is 1.05 bits per heavy atom. The lowest BCUT2D eigenvalue weighted by Crippen LogP contribution is -2.17. The molecule has 1 aromatic carbocycles. The predicted molar refractivity (Wildman–Crippen MR) is 77.8 cm³/mol. The molecule has 1 aromatic rings. The number of carbonyl (C=O) groups excluding carboxylic acids is 1. The van der Waals surface area contributed by atoms with Gasteiger partial charge in [0.2, 0.25) is 0 Å². The molecule has 3 heteroatoms. The summed E-state index contributed by atoms with van der Waals surface area (Å²) in [6, 6.07) is 2.01. The highest BCUT2D eigenvalue weighted by Gasteiger charge is 2.23. The van der Waals surface area contributed by atoms with Crippen LogP contribution in [-0.4, -0.2) is 6.04 Å². The Bertz CT molecular complexity index is 437. The van der Waals surface area contributed by atoms with Crippen molar-refractivity contribution in [3.05, 3.63) is 34.6 Å². The van der Waals surface area contributed by atoms with Crippen molar-refractivity contribution in [3.63, 3.8) is 0 Å². The molecule has 20 heavy (non-hydrogen) atoms. The fourth-order valence-electron chi connectivity index (χ4n) is 2.47. The van der Waals surface area contributed by atoms with Crippen molar-refractivity contribution in [2.24, 2.45) is 11.8 Å². The largest absolute Gasteiger partial charge is 0.304 e. The van der Waals surface area contributed by atoms with Crippen LogP contribution in [0.1, 0.15) is 49.3 Å². The van der Waals surface area contributed by atoms with Crippen LogP contribution in [-0.2, 0) is 4.79 Å². The molecule has 1 aliphatic rings. The molecule has 0 aromatic heterocycles. The van der Waals surface area contributed by atoms with Crippen LogP contribution in [0.15, 0.2) is 12.1 Å². The number of benzene rings is 1. The second kappa shape index (κ2) is 7.51. The zero-order valence-electron chi connectivity index (χ0n) is 12.8. The van der Waals surface area contributed by atoms with Crippen LogP contribution < -0.4 is 0 Å². The van der Waals surface area contributed by atoms with Gasteiger partial charge >= 0.3 is 6.04 Å². The molecule has 1 fully saturated rings. The van der Waals surface area contributed by atoms with Gasteiger partial charge in [0.15, 0.2) is 0 Å². The smallest absolute Gasteiger partial charge is 0.261 e. The molecule has 112 valence electrons. The van der Waals surface area contributed by atoms with Gasteiger partial charge in [-0.25, -0.2) is 4.39 Å². The lowest BCUT2D eigenvalue weighted by atomic mass is 9.83. The summed E-state index contributed by atoms with van der Waals surface area (Å²) in [4.78, 5) is 10.2. The average Bonchev–Trinajstić information content (AvgIpc) is 2.37. The second-order valence-corrected chi connectivity index (χ2v) is 5.93. The van der Waals surface area contributed by atoms with E-state index in [0.717, 1.165) is 36.8 Å². The molecular formula is C17H24F2O. The Morgan fingerprint density at radius 3 is 1.90 bits per heavy atom. The third-order valence-electron chi connectivity index (χ3n) is 4.23. The minimum absolute atomic E-state index is 0.138. The average molecular weight is 282 g/mol. The molecule has 0 spiro atoms. The highest BCUT2D eigenvalue weighted by molar-refractivity contribution is 5.70. The highest BCUT2D eigenvalue weighted by atomic mass is 19.1. The first-order valence-corrected chi connectivity index (χ1v) is 7.24. The molecule has 1 nitrogen and oxygen atoms in total. The van der Waals surface area contributed by atoms with Crippen LogP contribution in [0.5, 0.6) is 0 Å². The molecule has 0 heterocycles. The minimum atomic E-state index is -1.10. The van der Waals surface area contributed by atoms with Crippen LogP contribution in [0.2, 0.25) is 0 Å². The molecule has 0 atom stereocenters. The molecule has 0 N–H and O–H groups in total. The zero-order valence-corrected chi connectivity index (χ0v) is 12.8. The summed E-state index contributed by atoms with van der Waals surface area (Å²) >= 11 is 0. The van der Waals surface area contributed by atoms with Crippen molar-refractivity contribution in [3.8, 4) is 0 Å². The van der Waals surface area contributed by atoms with E-state index in [0.29, 0.717) is 5.92 Å². The first kappa shape index (κ1) is 16.8. The van der Waals surface area contributed by atoms with Crippen molar-refractivity contribution in [1.82, 2.24) is 0 Å². The lowest BCUT2D eigenvalue weighted by molar-refractivity contribution is -0.134. The molecule has 0 unspecified atom stereocenters. The number of rotatable bonds is 1. The maximum Gasteiger partial charge on any atom is 0.304 e. The Labute approximate surface area is 120 Å². The van der Waals surface area contributed by atoms with Crippen LogP contribution in [0.3, 0.4) is 0 Å². The molecule has 0 aliphatic heterocycles. The maximum atomic E-state index is 12.6. The summed E-state index contributed by atoms with van der Waals surface area (Å²) in [5.74, 6) is 0.285. The fraction of sp³-hybridized carbons (Fsp3) is 0.588. The monoisotopic (exact) mass is 282 g/mol. The van der Waals surface area contributed by atoms with E-state index in [1.807, 2.05) is 20.8 Å². The van der Waals surface area contributed by atoms with Crippen molar-refractivity contribution >= 4 is 6.04 Å². The molecule has 0 saturated heterocycles. The summed E-state index contributed by atoms with van der Waals surface area (Å²) in [6.07, 6.45) is 3.55. The first-order chi connectivity index (χ1) is 9.31. The Balaban J connectivity index is 0.000000200. The second-order valence-electron chi connectivity index (χ2n) is 5.93.